The molecule has 0 aliphatic carbocycles. The van der Waals surface area contributed by atoms with Crippen molar-refractivity contribution in [3.63, 3.8) is 0 Å². The Balaban J connectivity index is 1.61. The van der Waals surface area contributed by atoms with Crippen molar-refractivity contribution in [2.24, 2.45) is 0 Å². The Morgan fingerprint density at radius 3 is 2.77 bits per heavy atom. The molecule has 0 unspecified atom stereocenters. The third-order valence-electron chi connectivity index (χ3n) is 4.92. The van der Waals surface area contributed by atoms with Crippen molar-refractivity contribution in [1.29, 1.82) is 0 Å². The summed E-state index contributed by atoms with van der Waals surface area (Å²) in [6.07, 6.45) is 0.261. The van der Waals surface area contributed by atoms with E-state index in [1.54, 1.807) is 23.5 Å². The number of fused-ring (bicyclic) bond motifs is 1. The number of thiophene rings is 1. The quantitative estimate of drug-likeness (QED) is 0.721. The maximum atomic E-state index is 14.4. The van der Waals surface area contributed by atoms with E-state index in [2.05, 4.69) is 18.2 Å². The van der Waals surface area contributed by atoms with Gasteiger partial charge in [-0.3, -0.25) is 0 Å². The molecule has 3 atom stereocenters. The van der Waals surface area contributed by atoms with Crippen molar-refractivity contribution in [3.8, 4) is 0 Å². The zero-order valence-electron chi connectivity index (χ0n) is 14.3. The molecule has 5 heteroatoms. The van der Waals surface area contributed by atoms with E-state index < -0.39 is 12.2 Å². The Morgan fingerprint density at radius 2 is 1.96 bits per heavy atom. The first-order valence-corrected chi connectivity index (χ1v) is 9.66. The van der Waals surface area contributed by atoms with Crippen molar-refractivity contribution in [1.82, 2.24) is 0 Å². The summed E-state index contributed by atoms with van der Waals surface area (Å²) in [6, 6.07) is 15.1. The van der Waals surface area contributed by atoms with Crippen LogP contribution in [0.5, 0.6) is 0 Å². The fraction of sp³-hybridized carbons (Fsp3) is 0.333. The SMILES string of the molecule is OC[C@@H]1CC[C@@H](O)[C@H](c2ccc(F)c(Cc3cc4ccccc4s3)c2)O1. The Hall–Kier alpha value is -1.79. The summed E-state index contributed by atoms with van der Waals surface area (Å²) in [7, 11) is 0. The maximum Gasteiger partial charge on any atom is 0.126 e. The highest BCUT2D eigenvalue weighted by Crippen LogP contribution is 2.33. The lowest BCUT2D eigenvalue weighted by atomic mass is 9.94. The topological polar surface area (TPSA) is 49.7 Å². The second-order valence-corrected chi connectivity index (χ2v) is 7.95. The number of aliphatic hydroxyl groups excluding tert-OH is 2. The number of benzene rings is 2. The van der Waals surface area contributed by atoms with E-state index in [9.17, 15) is 14.6 Å². The van der Waals surface area contributed by atoms with Crippen LogP contribution in [-0.4, -0.2) is 29.0 Å². The van der Waals surface area contributed by atoms with Crippen LogP contribution in [0, 0.1) is 5.82 Å². The van der Waals surface area contributed by atoms with Gasteiger partial charge in [-0.2, -0.15) is 0 Å². The summed E-state index contributed by atoms with van der Waals surface area (Å²) in [5.74, 6) is -0.254. The summed E-state index contributed by atoms with van der Waals surface area (Å²) in [5.41, 5.74) is 1.35. The van der Waals surface area contributed by atoms with E-state index >= 15 is 0 Å². The van der Waals surface area contributed by atoms with Gasteiger partial charge >= 0.3 is 0 Å². The van der Waals surface area contributed by atoms with Gasteiger partial charge in [0.2, 0.25) is 0 Å². The van der Waals surface area contributed by atoms with E-state index in [1.807, 2.05) is 12.1 Å². The van der Waals surface area contributed by atoms with Gasteiger partial charge in [0.15, 0.2) is 0 Å². The van der Waals surface area contributed by atoms with Gasteiger partial charge in [-0.15, -0.1) is 11.3 Å². The fourth-order valence-electron chi connectivity index (χ4n) is 3.53. The number of halogens is 1. The van der Waals surface area contributed by atoms with Crippen LogP contribution in [-0.2, 0) is 11.2 Å². The van der Waals surface area contributed by atoms with Crippen molar-refractivity contribution >= 4 is 21.4 Å². The van der Waals surface area contributed by atoms with Gasteiger partial charge in [-0.25, -0.2) is 4.39 Å². The van der Waals surface area contributed by atoms with Crippen LogP contribution in [0.25, 0.3) is 10.1 Å². The number of aliphatic hydroxyl groups is 2. The smallest absolute Gasteiger partial charge is 0.126 e. The van der Waals surface area contributed by atoms with Crippen molar-refractivity contribution in [3.05, 3.63) is 70.4 Å². The summed E-state index contributed by atoms with van der Waals surface area (Å²) in [5, 5.41) is 20.8. The molecule has 1 aliphatic heterocycles. The lowest BCUT2D eigenvalue weighted by Gasteiger charge is -2.33. The normalized spacial score (nSPS) is 23.4. The van der Waals surface area contributed by atoms with Crippen LogP contribution in [0.15, 0.2) is 48.5 Å². The average Bonchev–Trinajstić information content (AvgIpc) is 3.06. The molecule has 2 aromatic carbocycles. The molecule has 26 heavy (non-hydrogen) atoms. The first kappa shape index (κ1) is 17.6. The van der Waals surface area contributed by atoms with Crippen LogP contribution >= 0.6 is 11.3 Å². The molecule has 1 aromatic heterocycles. The van der Waals surface area contributed by atoms with E-state index in [0.717, 1.165) is 10.4 Å². The zero-order valence-corrected chi connectivity index (χ0v) is 15.1. The molecule has 0 amide bonds. The minimum atomic E-state index is -0.638. The predicted octanol–water partition coefficient (Wildman–Crippen LogP) is 4.20. The molecule has 0 radical (unpaired) electrons. The Morgan fingerprint density at radius 1 is 1.12 bits per heavy atom. The van der Waals surface area contributed by atoms with Gasteiger partial charge in [-0.1, -0.05) is 24.3 Å². The number of ether oxygens (including phenoxy) is 1. The zero-order chi connectivity index (χ0) is 18.1. The monoisotopic (exact) mass is 372 g/mol. The summed E-state index contributed by atoms with van der Waals surface area (Å²) in [6.45, 7) is -0.0704. The molecule has 3 nitrogen and oxygen atoms in total. The van der Waals surface area contributed by atoms with Gasteiger partial charge in [0.1, 0.15) is 11.9 Å². The molecule has 0 bridgehead atoms. The first-order valence-electron chi connectivity index (χ1n) is 8.84. The Bertz CT molecular complexity index is 874. The average molecular weight is 372 g/mol. The molecule has 1 fully saturated rings. The molecule has 1 saturated heterocycles. The highest BCUT2D eigenvalue weighted by molar-refractivity contribution is 7.19. The first-order chi connectivity index (χ1) is 12.6. The number of rotatable bonds is 4. The van der Waals surface area contributed by atoms with Gasteiger partial charge in [0.25, 0.3) is 0 Å². The highest BCUT2D eigenvalue weighted by Gasteiger charge is 2.31. The molecule has 1 aliphatic rings. The lowest BCUT2D eigenvalue weighted by molar-refractivity contribution is -0.132. The lowest BCUT2D eigenvalue weighted by Crippen LogP contribution is -2.34. The highest BCUT2D eigenvalue weighted by atomic mass is 32.1. The van der Waals surface area contributed by atoms with Gasteiger partial charge < -0.3 is 14.9 Å². The van der Waals surface area contributed by atoms with Crippen molar-refractivity contribution in [2.45, 2.75) is 37.6 Å². The summed E-state index contributed by atoms with van der Waals surface area (Å²) >= 11 is 1.67. The fourth-order valence-corrected chi connectivity index (χ4v) is 4.62. The van der Waals surface area contributed by atoms with Crippen LogP contribution < -0.4 is 0 Å². The molecule has 2 N–H and O–H groups in total. The summed E-state index contributed by atoms with van der Waals surface area (Å²) < 4.78 is 21.4. The second kappa shape index (κ2) is 7.45. The molecule has 4 rings (SSSR count). The minimum Gasteiger partial charge on any atom is -0.394 e. The van der Waals surface area contributed by atoms with Crippen LogP contribution in [0.1, 0.15) is 34.9 Å². The molecule has 136 valence electrons. The van der Waals surface area contributed by atoms with Crippen LogP contribution in [0.3, 0.4) is 0 Å². The van der Waals surface area contributed by atoms with Gasteiger partial charge in [-0.05, 0) is 53.6 Å². The standard InChI is InChI=1S/C21H21FO3S/c22-18-7-5-14(21-19(24)8-6-16(12-23)25-21)9-15(18)11-17-10-13-3-1-2-4-20(13)26-17/h1-5,7,9-10,16,19,21,23-24H,6,8,11-12H2/t16-,19+,21-/m0/s1. The van der Waals surface area contributed by atoms with Crippen molar-refractivity contribution in [2.75, 3.05) is 6.61 Å². The third-order valence-corrected chi connectivity index (χ3v) is 6.03. The van der Waals surface area contributed by atoms with Gasteiger partial charge in [0.05, 0.1) is 18.8 Å². The van der Waals surface area contributed by atoms with Crippen molar-refractivity contribution < 1.29 is 19.3 Å². The molecular formula is C21H21FO3S. The minimum absolute atomic E-state index is 0.0704. The number of hydrogen-bond acceptors (Lipinski definition) is 4. The van der Waals surface area contributed by atoms with E-state index in [1.165, 1.54) is 16.2 Å². The van der Waals surface area contributed by atoms with Crippen LogP contribution in [0.2, 0.25) is 0 Å². The van der Waals surface area contributed by atoms with E-state index in [0.29, 0.717) is 24.8 Å². The second-order valence-electron chi connectivity index (χ2n) is 6.78. The predicted molar refractivity (Wildman–Crippen MR) is 101 cm³/mol. The third kappa shape index (κ3) is 3.53. The van der Waals surface area contributed by atoms with E-state index in [4.69, 9.17) is 4.74 Å². The maximum absolute atomic E-state index is 14.4. The summed E-state index contributed by atoms with van der Waals surface area (Å²) in [4.78, 5) is 1.10. The van der Waals surface area contributed by atoms with Crippen LogP contribution in [0.4, 0.5) is 4.39 Å². The van der Waals surface area contributed by atoms with Gasteiger partial charge in [0, 0.05) is 16.0 Å². The Kier molecular flexibility index (Phi) is 5.05. The largest absolute Gasteiger partial charge is 0.394 e. The molecule has 2 heterocycles. The van der Waals surface area contributed by atoms with E-state index in [-0.39, 0.29) is 18.5 Å². The molecule has 0 spiro atoms. The number of hydrogen-bond donors (Lipinski definition) is 2. The molecule has 0 saturated carbocycles. The Labute approximate surface area is 155 Å². The molecular weight excluding hydrogens is 351 g/mol. The molecule has 3 aromatic rings.